The van der Waals surface area contributed by atoms with Crippen LogP contribution in [0.25, 0.3) is 0 Å². The van der Waals surface area contributed by atoms with Gasteiger partial charge in [0.1, 0.15) is 18.6 Å². The molecule has 3 nitrogen and oxygen atoms in total. The van der Waals surface area contributed by atoms with E-state index in [0.717, 1.165) is 12.4 Å². The van der Waals surface area contributed by atoms with E-state index in [1.54, 1.807) is 6.20 Å². The van der Waals surface area contributed by atoms with Gasteiger partial charge < -0.3 is 9.64 Å². The zero-order valence-electron chi connectivity index (χ0n) is 8.82. The van der Waals surface area contributed by atoms with E-state index in [-0.39, 0.29) is 6.10 Å². The van der Waals surface area contributed by atoms with Crippen molar-refractivity contribution >= 4 is 5.82 Å². The lowest BCUT2D eigenvalue weighted by Crippen LogP contribution is -2.43. The van der Waals surface area contributed by atoms with Crippen LogP contribution in [0.1, 0.15) is 5.56 Å². The van der Waals surface area contributed by atoms with Crippen LogP contribution >= 0.6 is 0 Å². The number of hydrogen-bond acceptors (Lipinski definition) is 3. The first-order chi connectivity index (χ1) is 7.29. The molecule has 0 N–H and O–H groups in total. The van der Waals surface area contributed by atoms with Crippen LogP contribution in [0.2, 0.25) is 0 Å². The minimum Gasteiger partial charge on any atom is -0.372 e. The fourth-order valence-electron chi connectivity index (χ4n) is 1.71. The molecule has 0 amide bonds. The van der Waals surface area contributed by atoms with E-state index in [4.69, 9.17) is 4.74 Å². The van der Waals surface area contributed by atoms with Gasteiger partial charge in [-0.2, -0.15) is 0 Å². The lowest BCUT2D eigenvalue weighted by atomic mass is 10.2. The molecule has 1 aliphatic heterocycles. The van der Waals surface area contributed by atoms with E-state index in [2.05, 4.69) is 9.88 Å². The molecule has 0 aromatic carbocycles. The zero-order valence-corrected chi connectivity index (χ0v) is 8.82. The molecule has 82 valence electrons. The molecular formula is C11H15FN2O. The molecule has 1 aromatic rings. The van der Waals surface area contributed by atoms with Gasteiger partial charge in [-0.3, -0.25) is 0 Å². The van der Waals surface area contributed by atoms with E-state index in [0.29, 0.717) is 13.2 Å². The molecule has 4 heteroatoms. The maximum Gasteiger partial charge on any atom is 0.128 e. The molecule has 0 spiro atoms. The van der Waals surface area contributed by atoms with Crippen molar-refractivity contribution in [3.63, 3.8) is 0 Å². The van der Waals surface area contributed by atoms with Gasteiger partial charge in [0.2, 0.25) is 0 Å². The number of morpholine rings is 1. The number of aryl methyl sites for hydroxylation is 1. The van der Waals surface area contributed by atoms with E-state index in [1.165, 1.54) is 5.56 Å². The first-order valence-electron chi connectivity index (χ1n) is 5.15. The highest BCUT2D eigenvalue weighted by molar-refractivity contribution is 5.41. The van der Waals surface area contributed by atoms with E-state index >= 15 is 0 Å². The van der Waals surface area contributed by atoms with Gasteiger partial charge in [-0.15, -0.1) is 0 Å². The van der Waals surface area contributed by atoms with Crippen LogP contribution in [0, 0.1) is 6.92 Å². The summed E-state index contributed by atoms with van der Waals surface area (Å²) in [5, 5.41) is 0. The Hall–Kier alpha value is -1.16. The standard InChI is InChI=1S/C11H15FN2O/c1-9-2-3-13-11(6-9)14-4-5-15-10(7-12)8-14/h2-3,6,10H,4-5,7-8H2,1H3/t10-/m0/s1. The number of rotatable bonds is 2. The number of nitrogens with zero attached hydrogens (tertiary/aromatic N) is 2. The van der Waals surface area contributed by atoms with Crippen LogP contribution in [-0.2, 0) is 4.74 Å². The van der Waals surface area contributed by atoms with E-state index in [9.17, 15) is 4.39 Å². The Kier molecular flexibility index (Phi) is 3.16. The molecule has 2 rings (SSSR count). The molecular weight excluding hydrogens is 195 g/mol. The summed E-state index contributed by atoms with van der Waals surface area (Å²) in [7, 11) is 0. The first-order valence-corrected chi connectivity index (χ1v) is 5.15. The monoisotopic (exact) mass is 210 g/mol. The molecule has 1 aromatic heterocycles. The number of anilines is 1. The molecule has 1 aliphatic rings. The summed E-state index contributed by atoms with van der Waals surface area (Å²) < 4.78 is 17.7. The Morgan fingerprint density at radius 3 is 3.27 bits per heavy atom. The summed E-state index contributed by atoms with van der Waals surface area (Å²) in [5.41, 5.74) is 1.17. The van der Waals surface area contributed by atoms with Crippen LogP contribution < -0.4 is 4.90 Å². The molecule has 0 radical (unpaired) electrons. The quantitative estimate of drug-likeness (QED) is 0.740. The van der Waals surface area contributed by atoms with Crippen molar-refractivity contribution in [3.8, 4) is 0 Å². The number of aromatic nitrogens is 1. The Bertz CT molecular complexity index is 332. The van der Waals surface area contributed by atoms with Crippen molar-refractivity contribution in [1.29, 1.82) is 0 Å². The smallest absolute Gasteiger partial charge is 0.128 e. The summed E-state index contributed by atoms with van der Waals surface area (Å²) in [6.07, 6.45) is 1.48. The lowest BCUT2D eigenvalue weighted by molar-refractivity contribution is 0.0245. The minimum atomic E-state index is -0.428. The van der Waals surface area contributed by atoms with Crippen molar-refractivity contribution in [2.45, 2.75) is 13.0 Å². The van der Waals surface area contributed by atoms with Gasteiger partial charge in [0.25, 0.3) is 0 Å². The molecule has 1 atom stereocenters. The number of halogens is 1. The number of ether oxygens (including phenoxy) is 1. The van der Waals surface area contributed by atoms with Gasteiger partial charge in [0.05, 0.1) is 6.61 Å². The lowest BCUT2D eigenvalue weighted by Gasteiger charge is -2.32. The summed E-state index contributed by atoms with van der Waals surface area (Å²) in [6.45, 7) is 3.55. The fourth-order valence-corrected chi connectivity index (χ4v) is 1.71. The second kappa shape index (κ2) is 4.57. The maximum atomic E-state index is 12.5. The molecule has 0 bridgehead atoms. The second-order valence-corrected chi connectivity index (χ2v) is 3.78. The normalized spacial score (nSPS) is 21.7. The maximum absolute atomic E-state index is 12.5. The number of alkyl halides is 1. The largest absolute Gasteiger partial charge is 0.372 e. The predicted molar refractivity (Wildman–Crippen MR) is 56.9 cm³/mol. The van der Waals surface area contributed by atoms with Crippen LogP contribution in [0.4, 0.5) is 10.2 Å². The third kappa shape index (κ3) is 2.45. The Morgan fingerprint density at radius 1 is 1.67 bits per heavy atom. The Labute approximate surface area is 88.9 Å². The summed E-state index contributed by atoms with van der Waals surface area (Å²) in [6, 6.07) is 3.97. The van der Waals surface area contributed by atoms with E-state index < -0.39 is 6.67 Å². The summed E-state index contributed by atoms with van der Waals surface area (Å²) >= 11 is 0. The molecule has 1 fully saturated rings. The van der Waals surface area contributed by atoms with Gasteiger partial charge >= 0.3 is 0 Å². The highest BCUT2D eigenvalue weighted by Crippen LogP contribution is 2.16. The Morgan fingerprint density at radius 2 is 2.53 bits per heavy atom. The molecule has 0 saturated carbocycles. The molecule has 15 heavy (non-hydrogen) atoms. The highest BCUT2D eigenvalue weighted by Gasteiger charge is 2.21. The topological polar surface area (TPSA) is 25.4 Å². The van der Waals surface area contributed by atoms with Gasteiger partial charge in [0.15, 0.2) is 0 Å². The molecule has 1 saturated heterocycles. The van der Waals surface area contributed by atoms with Crippen molar-refractivity contribution in [2.24, 2.45) is 0 Å². The van der Waals surface area contributed by atoms with Crippen molar-refractivity contribution in [2.75, 3.05) is 31.3 Å². The van der Waals surface area contributed by atoms with Crippen LogP contribution in [-0.4, -0.2) is 37.5 Å². The minimum absolute atomic E-state index is 0.305. The van der Waals surface area contributed by atoms with Gasteiger partial charge in [-0.05, 0) is 24.6 Å². The van der Waals surface area contributed by atoms with Crippen LogP contribution in [0.15, 0.2) is 18.3 Å². The zero-order chi connectivity index (χ0) is 10.7. The molecule has 0 unspecified atom stereocenters. The Balaban J connectivity index is 2.09. The second-order valence-electron chi connectivity index (χ2n) is 3.78. The fraction of sp³-hybridized carbons (Fsp3) is 0.545. The van der Waals surface area contributed by atoms with Crippen LogP contribution in [0.3, 0.4) is 0 Å². The van der Waals surface area contributed by atoms with E-state index in [1.807, 2.05) is 19.1 Å². The summed E-state index contributed by atoms with van der Waals surface area (Å²) in [4.78, 5) is 6.35. The van der Waals surface area contributed by atoms with Crippen molar-refractivity contribution in [3.05, 3.63) is 23.9 Å². The number of pyridine rings is 1. The van der Waals surface area contributed by atoms with Crippen molar-refractivity contribution in [1.82, 2.24) is 4.98 Å². The summed E-state index contributed by atoms with van der Waals surface area (Å²) in [5.74, 6) is 0.914. The predicted octanol–water partition coefficient (Wildman–Crippen LogP) is 1.56. The third-order valence-corrected chi connectivity index (χ3v) is 2.54. The van der Waals surface area contributed by atoms with Gasteiger partial charge in [0, 0.05) is 19.3 Å². The third-order valence-electron chi connectivity index (χ3n) is 2.54. The highest BCUT2D eigenvalue weighted by atomic mass is 19.1. The van der Waals surface area contributed by atoms with Crippen LogP contribution in [0.5, 0.6) is 0 Å². The molecule has 0 aliphatic carbocycles. The average Bonchev–Trinajstić information content (AvgIpc) is 2.29. The van der Waals surface area contributed by atoms with Crippen molar-refractivity contribution < 1.29 is 9.13 Å². The van der Waals surface area contributed by atoms with Gasteiger partial charge in [-0.1, -0.05) is 0 Å². The first kappa shape index (κ1) is 10.4. The van der Waals surface area contributed by atoms with Gasteiger partial charge in [-0.25, -0.2) is 9.37 Å². The SMILES string of the molecule is Cc1ccnc(N2CCO[C@@H](CF)C2)c1. The number of hydrogen-bond donors (Lipinski definition) is 0. The molecule has 2 heterocycles. The average molecular weight is 210 g/mol.